The minimum absolute atomic E-state index is 0.744. The first kappa shape index (κ1) is 21.1. The third kappa shape index (κ3) is 4.96. The summed E-state index contributed by atoms with van der Waals surface area (Å²) in [6.07, 6.45) is 1.90. The molecule has 2 nitrogen and oxygen atoms in total. The van der Waals surface area contributed by atoms with Crippen molar-refractivity contribution in [3.63, 3.8) is 0 Å². The van der Waals surface area contributed by atoms with Crippen LogP contribution in [0.2, 0.25) is 0 Å². The van der Waals surface area contributed by atoms with E-state index < -0.39 is 0 Å². The Morgan fingerprint density at radius 1 is 0.556 bits per heavy atom. The Hall–Kier alpha value is -2.18. The predicted octanol–water partition coefficient (Wildman–Crippen LogP) is 6.11. The second-order valence-corrected chi connectivity index (χ2v) is 7.82. The highest BCUT2D eigenvalue weighted by molar-refractivity contribution is 5.46. The highest BCUT2D eigenvalue weighted by Gasteiger charge is 2.07. The van der Waals surface area contributed by atoms with Gasteiger partial charge in [-0.15, -0.1) is 0 Å². The lowest BCUT2D eigenvalue weighted by molar-refractivity contribution is 0.934. The van der Waals surface area contributed by atoms with E-state index in [1.165, 1.54) is 55.6 Å². The molecule has 2 aromatic carbocycles. The van der Waals surface area contributed by atoms with Gasteiger partial charge < -0.3 is 0 Å². The van der Waals surface area contributed by atoms with Crippen molar-refractivity contribution in [2.75, 3.05) is 13.1 Å². The summed E-state index contributed by atoms with van der Waals surface area (Å²) in [6.45, 7) is 19.1. The van der Waals surface area contributed by atoms with Crippen LogP contribution in [0, 0.1) is 55.4 Å². The van der Waals surface area contributed by atoms with Crippen LogP contribution in [0.1, 0.15) is 55.6 Å². The topological polar surface area (TPSA) is 24.7 Å². The first-order chi connectivity index (χ1) is 12.7. The van der Waals surface area contributed by atoms with E-state index in [-0.39, 0.29) is 0 Å². The van der Waals surface area contributed by atoms with Crippen LogP contribution in [0.4, 0.5) is 0 Å². The van der Waals surface area contributed by atoms with E-state index in [4.69, 9.17) is 0 Å². The predicted molar refractivity (Wildman–Crippen MR) is 118 cm³/mol. The van der Waals surface area contributed by atoms with Gasteiger partial charge >= 0.3 is 0 Å². The molecule has 2 heteroatoms. The molecule has 2 rings (SSSR count). The highest BCUT2D eigenvalue weighted by atomic mass is 14.8. The summed E-state index contributed by atoms with van der Waals surface area (Å²) in [5.74, 6) is 0. The Morgan fingerprint density at radius 3 is 1.30 bits per heavy atom. The number of benzene rings is 2. The molecular weight excluding hydrogens is 328 g/mol. The lowest BCUT2D eigenvalue weighted by atomic mass is 9.93. The minimum atomic E-state index is 0.744. The standard InChI is InChI=1S/C25H34N2/c1-16-13-24(22(7)20(5)18(16)3)9-11-26-15-27-12-10-25-14-17(2)19(4)21(6)23(25)8/h13-14H,9-12H2,1-8H3. The summed E-state index contributed by atoms with van der Waals surface area (Å²) < 4.78 is 0. The Balaban J connectivity index is 1.92. The maximum absolute atomic E-state index is 4.38. The molecule has 0 N–H and O–H groups in total. The maximum Gasteiger partial charge on any atom is 0.0892 e. The van der Waals surface area contributed by atoms with Crippen LogP contribution in [0.3, 0.4) is 0 Å². The smallest absolute Gasteiger partial charge is 0.0892 e. The highest BCUT2D eigenvalue weighted by Crippen LogP contribution is 2.22. The molecule has 0 aromatic heterocycles. The fourth-order valence-corrected chi connectivity index (χ4v) is 3.61. The third-order valence-corrected chi connectivity index (χ3v) is 6.31. The zero-order chi connectivity index (χ0) is 20.1. The van der Waals surface area contributed by atoms with E-state index in [9.17, 15) is 0 Å². The Kier molecular flexibility index (Phi) is 7.16. The molecule has 0 atom stereocenters. The number of rotatable bonds is 6. The number of hydrogen-bond acceptors (Lipinski definition) is 2. The van der Waals surface area contributed by atoms with Crippen molar-refractivity contribution in [1.29, 1.82) is 0 Å². The van der Waals surface area contributed by atoms with E-state index >= 15 is 0 Å². The molecule has 0 aliphatic rings. The Labute approximate surface area is 165 Å². The van der Waals surface area contributed by atoms with Crippen LogP contribution in [-0.2, 0) is 12.8 Å². The summed E-state index contributed by atoms with van der Waals surface area (Å²) in [5, 5.41) is 0. The maximum atomic E-state index is 4.38. The molecule has 0 saturated carbocycles. The van der Waals surface area contributed by atoms with Gasteiger partial charge in [-0.05, 0) is 124 Å². The van der Waals surface area contributed by atoms with Crippen LogP contribution >= 0.6 is 0 Å². The van der Waals surface area contributed by atoms with Gasteiger partial charge in [-0.3, -0.25) is 0 Å². The summed E-state index contributed by atoms with van der Waals surface area (Å²) >= 11 is 0. The van der Waals surface area contributed by atoms with Crippen molar-refractivity contribution < 1.29 is 0 Å². The van der Waals surface area contributed by atoms with Crippen molar-refractivity contribution in [1.82, 2.24) is 0 Å². The summed E-state index contributed by atoms with van der Waals surface area (Å²) in [4.78, 5) is 8.75. The first-order valence-corrected chi connectivity index (χ1v) is 9.94. The number of aliphatic imine (C=N–C) groups is 2. The zero-order valence-corrected chi connectivity index (χ0v) is 18.4. The normalized spacial score (nSPS) is 10.7. The molecule has 0 heterocycles. The largest absolute Gasteiger partial charge is 0.225 e. The van der Waals surface area contributed by atoms with Crippen LogP contribution in [0.15, 0.2) is 22.1 Å². The van der Waals surface area contributed by atoms with Crippen molar-refractivity contribution in [3.8, 4) is 0 Å². The molecule has 0 aliphatic heterocycles. The van der Waals surface area contributed by atoms with Gasteiger partial charge in [-0.2, -0.15) is 0 Å². The molecule has 27 heavy (non-hydrogen) atoms. The lowest BCUT2D eigenvalue weighted by Gasteiger charge is -2.13. The van der Waals surface area contributed by atoms with Gasteiger partial charge in [0.05, 0.1) is 19.1 Å². The molecule has 0 spiro atoms. The van der Waals surface area contributed by atoms with Gasteiger partial charge in [0.15, 0.2) is 0 Å². The van der Waals surface area contributed by atoms with Gasteiger partial charge in [0, 0.05) is 0 Å². The van der Waals surface area contributed by atoms with Crippen molar-refractivity contribution in [3.05, 3.63) is 67.8 Å². The van der Waals surface area contributed by atoms with E-state index in [1.54, 1.807) is 0 Å². The summed E-state index contributed by atoms with van der Waals surface area (Å²) in [5.41, 5.74) is 13.9. The number of hydrogen-bond donors (Lipinski definition) is 0. The molecule has 144 valence electrons. The fraction of sp³-hybridized carbons (Fsp3) is 0.480. The van der Waals surface area contributed by atoms with Crippen LogP contribution < -0.4 is 0 Å². The fourth-order valence-electron chi connectivity index (χ4n) is 3.61. The molecule has 0 amide bonds. The van der Waals surface area contributed by atoms with Crippen molar-refractivity contribution >= 4 is 6.01 Å². The SMILES string of the molecule is Cc1cc(CCN=C=NCCc2cc(C)c(C)c(C)c2C)c(C)c(C)c1C. The van der Waals surface area contributed by atoms with Crippen molar-refractivity contribution in [2.45, 2.75) is 68.2 Å². The van der Waals surface area contributed by atoms with E-state index in [2.05, 4.69) is 83.5 Å². The quantitative estimate of drug-likeness (QED) is 0.554. The number of aryl methyl sites for hydroxylation is 2. The second kappa shape index (κ2) is 9.15. The van der Waals surface area contributed by atoms with Crippen LogP contribution in [-0.4, -0.2) is 19.1 Å². The van der Waals surface area contributed by atoms with Gasteiger partial charge in [0.1, 0.15) is 0 Å². The third-order valence-electron chi connectivity index (χ3n) is 6.31. The molecule has 0 saturated heterocycles. The molecule has 0 bridgehead atoms. The van der Waals surface area contributed by atoms with Gasteiger partial charge in [-0.25, -0.2) is 9.98 Å². The average Bonchev–Trinajstić information content (AvgIpc) is 2.65. The zero-order valence-electron chi connectivity index (χ0n) is 18.4. The first-order valence-electron chi connectivity index (χ1n) is 9.94. The van der Waals surface area contributed by atoms with E-state index in [0.717, 1.165) is 25.9 Å². The molecular formula is C25H34N2. The van der Waals surface area contributed by atoms with Crippen molar-refractivity contribution in [2.24, 2.45) is 9.98 Å². The Bertz CT molecular complexity index is 826. The lowest BCUT2D eigenvalue weighted by Crippen LogP contribution is -2.00. The van der Waals surface area contributed by atoms with E-state index in [1.807, 2.05) is 0 Å². The minimum Gasteiger partial charge on any atom is -0.225 e. The monoisotopic (exact) mass is 362 g/mol. The second-order valence-electron chi connectivity index (χ2n) is 7.82. The number of nitrogens with zero attached hydrogens (tertiary/aromatic N) is 2. The van der Waals surface area contributed by atoms with E-state index in [0.29, 0.717) is 0 Å². The molecule has 0 fully saturated rings. The summed E-state index contributed by atoms with van der Waals surface area (Å²) in [6, 6.07) is 7.50. The van der Waals surface area contributed by atoms with Crippen LogP contribution in [0.25, 0.3) is 0 Å². The summed E-state index contributed by atoms with van der Waals surface area (Å²) in [7, 11) is 0. The van der Waals surface area contributed by atoms with Gasteiger partial charge in [0.25, 0.3) is 0 Å². The van der Waals surface area contributed by atoms with Gasteiger partial charge in [0.2, 0.25) is 0 Å². The molecule has 2 aromatic rings. The Morgan fingerprint density at radius 2 is 0.926 bits per heavy atom. The average molecular weight is 363 g/mol. The van der Waals surface area contributed by atoms with Gasteiger partial charge in [-0.1, -0.05) is 12.1 Å². The van der Waals surface area contributed by atoms with Crippen LogP contribution in [0.5, 0.6) is 0 Å². The molecule has 0 unspecified atom stereocenters. The molecule has 0 radical (unpaired) electrons. The molecule has 0 aliphatic carbocycles.